The second-order valence-corrected chi connectivity index (χ2v) is 3.94. The fourth-order valence-electron chi connectivity index (χ4n) is 1.60. The van der Waals surface area contributed by atoms with Crippen LogP contribution in [0.4, 0.5) is 0 Å². The molecule has 0 unspecified atom stereocenters. The van der Waals surface area contributed by atoms with Gasteiger partial charge in [-0.15, -0.1) is 6.42 Å². The Morgan fingerprint density at radius 2 is 1.75 bits per heavy atom. The normalized spacial score (nSPS) is 10.1. The Labute approximate surface area is 119 Å². The predicted molar refractivity (Wildman–Crippen MR) is 81.7 cm³/mol. The summed E-state index contributed by atoms with van der Waals surface area (Å²) in [6.45, 7) is 0. The number of nitrogens with zero attached hydrogens (tertiary/aromatic N) is 1. The van der Waals surface area contributed by atoms with Gasteiger partial charge >= 0.3 is 0 Å². The molecular weight excluding hydrogens is 246 g/mol. The second-order valence-electron chi connectivity index (χ2n) is 3.94. The molecule has 96 valence electrons. The van der Waals surface area contributed by atoms with Crippen LogP contribution >= 0.6 is 0 Å². The molecule has 0 N–H and O–H groups in total. The van der Waals surface area contributed by atoms with Crippen molar-refractivity contribution in [3.05, 3.63) is 65.7 Å². The smallest absolute Gasteiger partial charge is 0.130 e. The number of hydrogen-bond acceptors (Lipinski definition) is 2. The third kappa shape index (κ3) is 3.51. The number of aliphatic imine (C=N–C) groups is 1. The lowest BCUT2D eigenvalue weighted by molar-refractivity contribution is 0.415. The first-order valence-electron chi connectivity index (χ1n) is 6.08. The van der Waals surface area contributed by atoms with Crippen LogP contribution in [-0.2, 0) is 0 Å². The molecule has 2 aromatic carbocycles. The summed E-state index contributed by atoms with van der Waals surface area (Å²) < 4.78 is 5.10. The van der Waals surface area contributed by atoms with Gasteiger partial charge in [0.25, 0.3) is 0 Å². The highest BCUT2D eigenvalue weighted by atomic mass is 16.5. The van der Waals surface area contributed by atoms with Gasteiger partial charge in [-0.1, -0.05) is 18.2 Å². The topological polar surface area (TPSA) is 21.6 Å². The molecule has 2 rings (SSSR count). The fraction of sp³-hybridized carbons (Fsp3) is 0.0556. The summed E-state index contributed by atoms with van der Waals surface area (Å²) in [6.07, 6.45) is 5.47. The molecule has 0 spiro atoms. The Morgan fingerprint density at radius 1 is 1.05 bits per heavy atom. The summed E-state index contributed by atoms with van der Waals surface area (Å²) in [5.74, 6) is 6.27. The summed E-state index contributed by atoms with van der Waals surface area (Å²) in [5, 5.41) is 0. The van der Waals surface area contributed by atoms with E-state index in [0.717, 1.165) is 16.9 Å². The Hall–Kier alpha value is -2.97. The second kappa shape index (κ2) is 6.83. The third-order valence-electron chi connectivity index (χ3n) is 2.64. The van der Waals surface area contributed by atoms with Crippen LogP contribution < -0.4 is 4.74 Å². The standard InChI is InChI=1S/C18H13NO/c1-3-18(16-9-11-17(20-2)12-10-16)19-14-13-15-7-5-4-6-8-15/h1,4-12H,2H3. The van der Waals surface area contributed by atoms with E-state index in [9.17, 15) is 0 Å². The lowest BCUT2D eigenvalue weighted by Gasteiger charge is -2.00. The van der Waals surface area contributed by atoms with Gasteiger partial charge in [0.15, 0.2) is 0 Å². The highest BCUT2D eigenvalue weighted by molar-refractivity contribution is 6.13. The van der Waals surface area contributed by atoms with Crippen molar-refractivity contribution < 1.29 is 4.74 Å². The van der Waals surface area contributed by atoms with Crippen molar-refractivity contribution in [3.63, 3.8) is 0 Å². The quantitative estimate of drug-likeness (QED) is 0.600. The van der Waals surface area contributed by atoms with Crippen molar-refractivity contribution in [1.29, 1.82) is 0 Å². The van der Waals surface area contributed by atoms with E-state index >= 15 is 0 Å². The summed E-state index contributed by atoms with van der Waals surface area (Å²) in [7, 11) is 1.62. The molecular formula is C18H13NO. The fourth-order valence-corrected chi connectivity index (χ4v) is 1.60. The van der Waals surface area contributed by atoms with Crippen LogP contribution in [0.5, 0.6) is 5.75 Å². The van der Waals surface area contributed by atoms with Gasteiger partial charge in [0, 0.05) is 17.2 Å². The average molecular weight is 259 g/mol. The molecule has 2 heteroatoms. The van der Waals surface area contributed by atoms with Gasteiger partial charge in [0.1, 0.15) is 11.5 Å². The van der Waals surface area contributed by atoms with E-state index in [1.165, 1.54) is 0 Å². The molecule has 0 amide bonds. The van der Waals surface area contributed by atoms with Crippen LogP contribution in [0, 0.1) is 24.3 Å². The van der Waals surface area contributed by atoms with Crippen molar-refractivity contribution in [2.75, 3.05) is 7.11 Å². The van der Waals surface area contributed by atoms with Gasteiger partial charge in [0.2, 0.25) is 0 Å². The maximum Gasteiger partial charge on any atom is 0.130 e. The van der Waals surface area contributed by atoms with E-state index in [-0.39, 0.29) is 0 Å². The summed E-state index contributed by atoms with van der Waals surface area (Å²) in [6, 6.07) is 19.8. The monoisotopic (exact) mass is 259 g/mol. The molecule has 0 aliphatic heterocycles. The van der Waals surface area contributed by atoms with Crippen molar-refractivity contribution in [2.45, 2.75) is 0 Å². The Balaban J connectivity index is 2.22. The summed E-state index contributed by atoms with van der Waals surface area (Å²) in [5.41, 5.74) is 2.26. The van der Waals surface area contributed by atoms with Crippen LogP contribution in [-0.4, -0.2) is 12.8 Å². The SMILES string of the molecule is C#CC(=NC#Cc1ccccc1)c1ccc(OC)cc1. The minimum Gasteiger partial charge on any atom is -0.497 e. The maximum absolute atomic E-state index is 5.47. The first kappa shape index (κ1) is 13.5. The zero-order chi connectivity index (χ0) is 14.2. The Kier molecular flexibility index (Phi) is 4.60. The largest absolute Gasteiger partial charge is 0.497 e. The molecule has 0 heterocycles. The first-order chi connectivity index (χ1) is 9.83. The van der Waals surface area contributed by atoms with E-state index in [2.05, 4.69) is 22.9 Å². The number of terminal acetylenes is 1. The van der Waals surface area contributed by atoms with Gasteiger partial charge in [-0.25, -0.2) is 0 Å². The van der Waals surface area contributed by atoms with E-state index in [0.29, 0.717) is 5.71 Å². The van der Waals surface area contributed by atoms with Crippen LogP contribution in [0.1, 0.15) is 11.1 Å². The molecule has 0 aliphatic carbocycles. The average Bonchev–Trinajstić information content (AvgIpc) is 2.53. The molecule has 0 bridgehead atoms. The molecule has 0 saturated heterocycles. The van der Waals surface area contributed by atoms with Gasteiger partial charge in [-0.2, -0.15) is 4.99 Å². The highest BCUT2D eigenvalue weighted by Crippen LogP contribution is 2.11. The van der Waals surface area contributed by atoms with Crippen molar-refractivity contribution >= 4 is 5.71 Å². The lowest BCUT2D eigenvalue weighted by atomic mass is 10.1. The Bertz CT molecular complexity index is 695. The van der Waals surface area contributed by atoms with E-state index in [1.54, 1.807) is 7.11 Å². The third-order valence-corrected chi connectivity index (χ3v) is 2.64. The molecule has 2 aromatic rings. The van der Waals surface area contributed by atoms with E-state index in [4.69, 9.17) is 11.2 Å². The van der Waals surface area contributed by atoms with Gasteiger partial charge in [-0.3, -0.25) is 0 Å². The summed E-state index contributed by atoms with van der Waals surface area (Å²) in [4.78, 5) is 4.14. The number of benzene rings is 2. The van der Waals surface area contributed by atoms with E-state index in [1.807, 2.05) is 54.6 Å². The zero-order valence-corrected chi connectivity index (χ0v) is 11.1. The van der Waals surface area contributed by atoms with Crippen LogP contribution in [0.15, 0.2) is 59.6 Å². The molecule has 20 heavy (non-hydrogen) atoms. The van der Waals surface area contributed by atoms with Gasteiger partial charge < -0.3 is 4.74 Å². The molecule has 0 saturated carbocycles. The zero-order valence-electron chi connectivity index (χ0n) is 11.1. The van der Waals surface area contributed by atoms with Crippen molar-refractivity contribution in [3.8, 4) is 30.1 Å². The van der Waals surface area contributed by atoms with Crippen LogP contribution in [0.3, 0.4) is 0 Å². The van der Waals surface area contributed by atoms with Crippen LogP contribution in [0.2, 0.25) is 0 Å². The summed E-state index contributed by atoms with van der Waals surface area (Å²) >= 11 is 0. The van der Waals surface area contributed by atoms with E-state index < -0.39 is 0 Å². The lowest BCUT2D eigenvalue weighted by Crippen LogP contribution is -1.96. The first-order valence-corrected chi connectivity index (χ1v) is 6.08. The molecule has 0 aliphatic rings. The van der Waals surface area contributed by atoms with Gasteiger partial charge in [-0.05, 0) is 48.2 Å². The Morgan fingerprint density at radius 3 is 2.35 bits per heavy atom. The maximum atomic E-state index is 5.47. The molecule has 0 aromatic heterocycles. The molecule has 0 radical (unpaired) electrons. The molecule has 0 fully saturated rings. The highest BCUT2D eigenvalue weighted by Gasteiger charge is 1.99. The van der Waals surface area contributed by atoms with Gasteiger partial charge in [0.05, 0.1) is 7.11 Å². The number of ether oxygens (including phenoxy) is 1. The molecule has 0 atom stereocenters. The molecule has 2 nitrogen and oxygen atoms in total. The van der Waals surface area contributed by atoms with Crippen LogP contribution in [0.25, 0.3) is 0 Å². The number of rotatable bonds is 2. The number of hydrogen-bond donors (Lipinski definition) is 0. The minimum atomic E-state index is 0.510. The number of methoxy groups -OCH3 is 1. The minimum absolute atomic E-state index is 0.510. The van der Waals surface area contributed by atoms with Crippen molar-refractivity contribution in [2.24, 2.45) is 4.99 Å². The van der Waals surface area contributed by atoms with Crippen molar-refractivity contribution in [1.82, 2.24) is 0 Å². The predicted octanol–water partition coefficient (Wildman–Crippen LogP) is 3.13.